The maximum absolute atomic E-state index is 12.9. The molecule has 1 aliphatic rings. The second-order valence-corrected chi connectivity index (χ2v) is 8.01. The number of amides is 1. The predicted octanol–water partition coefficient (Wildman–Crippen LogP) is 4.61. The van der Waals surface area contributed by atoms with Crippen molar-refractivity contribution in [2.75, 3.05) is 0 Å². The minimum atomic E-state index is -4.56. The van der Waals surface area contributed by atoms with E-state index in [1.54, 1.807) is 11.5 Å². The molecule has 0 fully saturated rings. The van der Waals surface area contributed by atoms with Crippen molar-refractivity contribution < 1.29 is 27.9 Å². The van der Waals surface area contributed by atoms with Gasteiger partial charge in [0.05, 0.1) is 5.56 Å². The van der Waals surface area contributed by atoms with E-state index in [0.717, 1.165) is 54.5 Å². The number of aliphatic carboxylic acids is 1. The molecule has 0 bridgehead atoms. The molecule has 0 saturated carbocycles. The third-order valence-electron chi connectivity index (χ3n) is 4.97. The first-order valence-electron chi connectivity index (χ1n) is 9.44. The van der Waals surface area contributed by atoms with Gasteiger partial charge in [-0.15, -0.1) is 11.3 Å². The van der Waals surface area contributed by atoms with Crippen LogP contribution >= 0.6 is 11.3 Å². The summed E-state index contributed by atoms with van der Waals surface area (Å²) in [6, 6.07) is 3.22. The number of carbonyl (C=O) groups is 2. The quantitative estimate of drug-likeness (QED) is 0.726. The summed E-state index contributed by atoms with van der Waals surface area (Å²) >= 11 is 1.26. The summed E-state index contributed by atoms with van der Waals surface area (Å²) in [4.78, 5) is 29.7. The summed E-state index contributed by atoms with van der Waals surface area (Å²) in [7, 11) is 0. The summed E-state index contributed by atoms with van der Waals surface area (Å²) in [6.45, 7) is 1.74. The van der Waals surface area contributed by atoms with Crippen LogP contribution < -0.4 is 4.80 Å². The highest BCUT2D eigenvalue weighted by Gasteiger charge is 2.31. The molecule has 1 unspecified atom stereocenters. The number of carbonyl (C=O) groups excluding carboxylic acids is 1. The minimum absolute atomic E-state index is 0.182. The number of aryl methyl sites for hydroxylation is 1. The molecule has 1 aromatic carbocycles. The third kappa shape index (κ3) is 4.60. The molecule has 156 valence electrons. The van der Waals surface area contributed by atoms with Crippen LogP contribution in [0.2, 0.25) is 0 Å². The third-order valence-corrected chi connectivity index (χ3v) is 6.12. The number of aromatic nitrogens is 1. The Labute approximate surface area is 169 Å². The number of thiazole rings is 1. The lowest BCUT2D eigenvalue weighted by Crippen LogP contribution is -2.29. The standard InChI is InChI=1S/C20H21F3N2O3S/c1-2-14(18(27)28)25-15-9-4-3-5-10-16(15)29-19(25)24-17(26)12-7-6-8-13(11-12)20(21,22)23/h6-8,11,14H,2-5,9-10H2,1H3,(H,27,28). The molecule has 0 radical (unpaired) electrons. The predicted molar refractivity (Wildman–Crippen MR) is 102 cm³/mol. The van der Waals surface area contributed by atoms with Crippen LogP contribution in [-0.4, -0.2) is 21.6 Å². The average molecular weight is 426 g/mol. The van der Waals surface area contributed by atoms with E-state index in [1.165, 1.54) is 17.4 Å². The number of rotatable bonds is 4. The summed E-state index contributed by atoms with van der Waals surface area (Å²) in [6.07, 6.45) is 0.156. The summed E-state index contributed by atoms with van der Waals surface area (Å²) < 4.78 is 40.4. The Morgan fingerprint density at radius 2 is 1.97 bits per heavy atom. The Hall–Kier alpha value is -2.42. The average Bonchev–Trinajstić information content (AvgIpc) is 2.84. The van der Waals surface area contributed by atoms with Gasteiger partial charge in [-0.1, -0.05) is 19.4 Å². The highest BCUT2D eigenvalue weighted by Crippen LogP contribution is 2.30. The van der Waals surface area contributed by atoms with Crippen LogP contribution in [0, 0.1) is 0 Å². The van der Waals surface area contributed by atoms with Gasteiger partial charge in [-0.3, -0.25) is 4.79 Å². The van der Waals surface area contributed by atoms with E-state index in [4.69, 9.17) is 0 Å². The normalized spacial score (nSPS) is 16.2. The lowest BCUT2D eigenvalue weighted by atomic mass is 10.1. The van der Waals surface area contributed by atoms with Crippen molar-refractivity contribution in [2.45, 2.75) is 57.7 Å². The minimum Gasteiger partial charge on any atom is -0.480 e. The highest BCUT2D eigenvalue weighted by atomic mass is 32.1. The van der Waals surface area contributed by atoms with Crippen molar-refractivity contribution in [3.05, 3.63) is 50.8 Å². The first kappa shape index (κ1) is 21.3. The zero-order valence-electron chi connectivity index (χ0n) is 15.8. The number of carboxylic acids is 1. The van der Waals surface area contributed by atoms with Gasteiger partial charge in [-0.25, -0.2) is 4.79 Å². The van der Waals surface area contributed by atoms with Gasteiger partial charge in [0.25, 0.3) is 5.91 Å². The topological polar surface area (TPSA) is 71.7 Å². The fraction of sp³-hybridized carbons (Fsp3) is 0.450. The van der Waals surface area contributed by atoms with Crippen LogP contribution in [0.1, 0.15) is 65.1 Å². The van der Waals surface area contributed by atoms with Gasteiger partial charge >= 0.3 is 12.1 Å². The molecule has 9 heteroatoms. The molecule has 1 aromatic heterocycles. The SMILES string of the molecule is CCC(C(=O)O)n1c2c(sc1=NC(=O)c1cccc(C(F)(F)F)c1)CCCCC2. The molecule has 0 saturated heterocycles. The maximum Gasteiger partial charge on any atom is 0.416 e. The highest BCUT2D eigenvalue weighted by molar-refractivity contribution is 7.09. The zero-order valence-corrected chi connectivity index (χ0v) is 16.6. The molecule has 29 heavy (non-hydrogen) atoms. The van der Waals surface area contributed by atoms with Gasteiger partial charge in [0.15, 0.2) is 4.80 Å². The van der Waals surface area contributed by atoms with E-state index in [1.807, 2.05) is 0 Å². The van der Waals surface area contributed by atoms with Gasteiger partial charge in [0.1, 0.15) is 6.04 Å². The largest absolute Gasteiger partial charge is 0.480 e. The number of hydrogen-bond acceptors (Lipinski definition) is 3. The van der Waals surface area contributed by atoms with E-state index >= 15 is 0 Å². The zero-order chi connectivity index (χ0) is 21.2. The summed E-state index contributed by atoms with van der Waals surface area (Å²) in [5.41, 5.74) is -0.235. The number of benzene rings is 1. The Bertz CT molecular complexity index is 992. The molecule has 1 amide bonds. The molecular formula is C20H21F3N2O3S. The first-order chi connectivity index (χ1) is 13.7. The van der Waals surface area contributed by atoms with E-state index in [-0.39, 0.29) is 10.4 Å². The smallest absolute Gasteiger partial charge is 0.416 e. The van der Waals surface area contributed by atoms with Crippen molar-refractivity contribution in [1.82, 2.24) is 4.57 Å². The van der Waals surface area contributed by atoms with Crippen LogP contribution in [0.3, 0.4) is 0 Å². The molecule has 2 aromatic rings. The summed E-state index contributed by atoms with van der Waals surface area (Å²) in [5, 5.41) is 9.65. The molecule has 0 aliphatic heterocycles. The van der Waals surface area contributed by atoms with Crippen molar-refractivity contribution in [3.63, 3.8) is 0 Å². The number of fused-ring (bicyclic) bond motifs is 1. The molecule has 1 heterocycles. The molecular weight excluding hydrogens is 405 g/mol. The molecule has 1 atom stereocenters. The van der Waals surface area contributed by atoms with Crippen LogP contribution in [0.4, 0.5) is 13.2 Å². The van der Waals surface area contributed by atoms with Gasteiger partial charge in [0.2, 0.25) is 0 Å². The van der Waals surface area contributed by atoms with Crippen LogP contribution in [0.25, 0.3) is 0 Å². The number of alkyl halides is 3. The van der Waals surface area contributed by atoms with Crippen LogP contribution in [0.15, 0.2) is 29.3 Å². The Morgan fingerprint density at radius 1 is 1.24 bits per heavy atom. The lowest BCUT2D eigenvalue weighted by Gasteiger charge is -2.16. The van der Waals surface area contributed by atoms with Crippen LogP contribution in [-0.2, 0) is 23.8 Å². The van der Waals surface area contributed by atoms with E-state index in [2.05, 4.69) is 4.99 Å². The molecule has 5 nitrogen and oxygen atoms in total. The number of hydrogen-bond donors (Lipinski definition) is 1. The fourth-order valence-corrected chi connectivity index (χ4v) is 4.77. The van der Waals surface area contributed by atoms with Crippen molar-refractivity contribution in [2.24, 2.45) is 4.99 Å². The fourth-order valence-electron chi connectivity index (χ4n) is 3.52. The maximum atomic E-state index is 12.9. The Kier molecular flexibility index (Phi) is 6.26. The second-order valence-electron chi connectivity index (χ2n) is 6.94. The van der Waals surface area contributed by atoms with Crippen molar-refractivity contribution in [3.8, 4) is 0 Å². The van der Waals surface area contributed by atoms with Gasteiger partial charge in [0, 0.05) is 16.1 Å². The molecule has 0 spiro atoms. The Balaban J connectivity index is 2.11. The van der Waals surface area contributed by atoms with Crippen LogP contribution in [0.5, 0.6) is 0 Å². The van der Waals surface area contributed by atoms with E-state index < -0.39 is 29.7 Å². The van der Waals surface area contributed by atoms with Gasteiger partial charge in [-0.2, -0.15) is 18.2 Å². The monoisotopic (exact) mass is 426 g/mol. The molecule has 3 rings (SSSR count). The molecule has 1 N–H and O–H groups in total. The summed E-state index contributed by atoms with van der Waals surface area (Å²) in [5.74, 6) is -1.84. The van der Waals surface area contributed by atoms with Crippen molar-refractivity contribution in [1.29, 1.82) is 0 Å². The number of nitrogens with zero attached hydrogens (tertiary/aromatic N) is 2. The van der Waals surface area contributed by atoms with E-state index in [9.17, 15) is 27.9 Å². The van der Waals surface area contributed by atoms with Gasteiger partial charge < -0.3 is 9.67 Å². The van der Waals surface area contributed by atoms with Crippen molar-refractivity contribution >= 4 is 23.2 Å². The van der Waals surface area contributed by atoms with Gasteiger partial charge in [-0.05, 0) is 50.3 Å². The lowest BCUT2D eigenvalue weighted by molar-refractivity contribution is -0.141. The first-order valence-corrected chi connectivity index (χ1v) is 10.3. The number of halogens is 3. The van der Waals surface area contributed by atoms with E-state index in [0.29, 0.717) is 12.8 Å². The molecule has 1 aliphatic carbocycles. The number of carboxylic acid groups (broad SMARTS) is 1. The second kappa shape index (κ2) is 8.52. The Morgan fingerprint density at radius 3 is 2.62 bits per heavy atom.